The topological polar surface area (TPSA) is 87.1 Å². The number of rotatable bonds is 4. The number of nitrogens with zero attached hydrogens (tertiary/aromatic N) is 1. The molecule has 1 aromatic carbocycles. The average Bonchev–Trinajstić information content (AvgIpc) is 2.81. The minimum Gasteiger partial charge on any atom is -0.493 e. The second-order valence-electron chi connectivity index (χ2n) is 4.63. The average molecular weight is 279 g/mol. The number of amides is 1. The molecule has 6 heteroatoms. The predicted octanol–water partition coefficient (Wildman–Crippen LogP) is 0.745. The van der Waals surface area contributed by atoms with Gasteiger partial charge in [-0.25, -0.2) is 4.79 Å². The van der Waals surface area contributed by atoms with Crippen molar-refractivity contribution in [1.29, 1.82) is 0 Å². The third kappa shape index (κ3) is 2.75. The fraction of sp³-hybridized carbons (Fsp3) is 0.429. The number of ether oxygens (including phenoxy) is 1. The normalized spacial score (nSPS) is 21.8. The summed E-state index contributed by atoms with van der Waals surface area (Å²) in [5, 5.41) is 18.7. The molecule has 108 valence electrons. The van der Waals surface area contributed by atoms with E-state index in [4.69, 9.17) is 9.84 Å². The highest BCUT2D eigenvalue weighted by molar-refractivity contribution is 5.99. The van der Waals surface area contributed by atoms with E-state index < -0.39 is 24.0 Å². The molecule has 1 amide bonds. The van der Waals surface area contributed by atoms with Gasteiger partial charge in [0.25, 0.3) is 5.91 Å². The Labute approximate surface area is 116 Å². The summed E-state index contributed by atoms with van der Waals surface area (Å²) < 4.78 is 5.38. The van der Waals surface area contributed by atoms with Gasteiger partial charge in [0.15, 0.2) is 0 Å². The maximum Gasteiger partial charge on any atom is 0.326 e. The summed E-state index contributed by atoms with van der Waals surface area (Å²) in [7, 11) is 0. The Morgan fingerprint density at radius 2 is 2.10 bits per heavy atom. The minimum absolute atomic E-state index is 0.0241. The molecule has 2 atom stereocenters. The van der Waals surface area contributed by atoms with E-state index in [0.717, 1.165) is 0 Å². The lowest BCUT2D eigenvalue weighted by atomic mass is 10.1. The highest BCUT2D eigenvalue weighted by atomic mass is 16.5. The van der Waals surface area contributed by atoms with Crippen LogP contribution in [0.4, 0.5) is 0 Å². The van der Waals surface area contributed by atoms with E-state index in [1.54, 1.807) is 31.2 Å². The Bertz CT molecular complexity index is 516. The van der Waals surface area contributed by atoms with Crippen molar-refractivity contribution in [2.45, 2.75) is 25.5 Å². The van der Waals surface area contributed by atoms with Gasteiger partial charge in [-0.2, -0.15) is 0 Å². The van der Waals surface area contributed by atoms with Crippen LogP contribution >= 0.6 is 0 Å². The van der Waals surface area contributed by atoms with Crippen LogP contribution in [0, 0.1) is 0 Å². The van der Waals surface area contributed by atoms with E-state index in [1.807, 2.05) is 0 Å². The highest BCUT2D eigenvalue weighted by Gasteiger charge is 2.39. The molecule has 1 aromatic rings. The van der Waals surface area contributed by atoms with Gasteiger partial charge in [0.2, 0.25) is 0 Å². The second-order valence-corrected chi connectivity index (χ2v) is 4.63. The number of aliphatic hydroxyl groups is 1. The maximum atomic E-state index is 12.5. The molecule has 2 rings (SSSR count). The summed E-state index contributed by atoms with van der Waals surface area (Å²) in [5.41, 5.74) is 0.315. The van der Waals surface area contributed by atoms with Gasteiger partial charge < -0.3 is 19.8 Å². The number of likely N-dealkylation sites (tertiary alicyclic amines) is 1. The Kier molecular flexibility index (Phi) is 4.24. The summed E-state index contributed by atoms with van der Waals surface area (Å²) in [6.45, 7) is 2.24. The number of carboxylic acid groups (broad SMARTS) is 1. The van der Waals surface area contributed by atoms with Crippen molar-refractivity contribution >= 4 is 11.9 Å². The molecule has 1 heterocycles. The number of β-amino-alcohol motifs (C(OH)–C–C–N with tert-alkyl or cyclic N) is 1. The number of hydrogen-bond donors (Lipinski definition) is 2. The Balaban J connectivity index is 2.29. The first-order chi connectivity index (χ1) is 9.54. The number of para-hydroxylation sites is 1. The van der Waals surface area contributed by atoms with Crippen LogP contribution < -0.4 is 4.74 Å². The van der Waals surface area contributed by atoms with E-state index in [0.29, 0.717) is 17.9 Å². The van der Waals surface area contributed by atoms with Crippen molar-refractivity contribution in [3.8, 4) is 5.75 Å². The number of carbonyl (C=O) groups excluding carboxylic acids is 1. The van der Waals surface area contributed by atoms with Gasteiger partial charge in [0.1, 0.15) is 11.8 Å². The molecule has 0 saturated carbocycles. The van der Waals surface area contributed by atoms with Crippen molar-refractivity contribution in [2.24, 2.45) is 0 Å². The van der Waals surface area contributed by atoms with Crippen molar-refractivity contribution < 1.29 is 24.5 Å². The largest absolute Gasteiger partial charge is 0.493 e. The van der Waals surface area contributed by atoms with Crippen LogP contribution in [-0.4, -0.2) is 52.3 Å². The van der Waals surface area contributed by atoms with Crippen molar-refractivity contribution in [3.05, 3.63) is 29.8 Å². The molecule has 0 aliphatic carbocycles. The molecule has 0 bridgehead atoms. The minimum atomic E-state index is -1.11. The summed E-state index contributed by atoms with van der Waals surface area (Å²) in [6, 6.07) is 5.70. The molecule has 1 aliphatic rings. The second kappa shape index (κ2) is 5.92. The van der Waals surface area contributed by atoms with Gasteiger partial charge in [0, 0.05) is 13.0 Å². The van der Waals surface area contributed by atoms with Crippen molar-refractivity contribution in [2.75, 3.05) is 13.2 Å². The number of aliphatic carboxylic acids is 1. The van der Waals surface area contributed by atoms with Gasteiger partial charge >= 0.3 is 5.97 Å². The molecular formula is C14H17NO5. The van der Waals surface area contributed by atoms with Gasteiger partial charge in [-0.1, -0.05) is 12.1 Å². The number of aliphatic hydroxyl groups excluding tert-OH is 1. The quantitative estimate of drug-likeness (QED) is 0.849. The molecule has 20 heavy (non-hydrogen) atoms. The lowest BCUT2D eigenvalue weighted by Crippen LogP contribution is -2.40. The molecule has 0 unspecified atom stereocenters. The first-order valence-corrected chi connectivity index (χ1v) is 6.48. The lowest BCUT2D eigenvalue weighted by molar-refractivity contribution is -0.141. The summed E-state index contributed by atoms with van der Waals surface area (Å²) in [4.78, 5) is 24.8. The monoisotopic (exact) mass is 279 g/mol. The highest BCUT2D eigenvalue weighted by Crippen LogP contribution is 2.25. The van der Waals surface area contributed by atoms with E-state index in [2.05, 4.69) is 0 Å². The van der Waals surface area contributed by atoms with Crippen LogP contribution in [0.15, 0.2) is 24.3 Å². The zero-order valence-corrected chi connectivity index (χ0v) is 11.2. The first kappa shape index (κ1) is 14.3. The van der Waals surface area contributed by atoms with E-state index in [9.17, 15) is 14.7 Å². The zero-order chi connectivity index (χ0) is 14.7. The van der Waals surface area contributed by atoms with Crippen LogP contribution in [0.5, 0.6) is 5.75 Å². The van der Waals surface area contributed by atoms with Crippen LogP contribution in [-0.2, 0) is 4.79 Å². The molecular weight excluding hydrogens is 262 g/mol. The van der Waals surface area contributed by atoms with E-state index in [-0.39, 0.29) is 13.0 Å². The lowest BCUT2D eigenvalue weighted by Gasteiger charge is -2.22. The SMILES string of the molecule is CCOc1ccccc1C(=O)N1C[C@H](O)C[C@H]1C(=O)O. The molecule has 0 radical (unpaired) electrons. The third-order valence-electron chi connectivity index (χ3n) is 3.24. The number of benzene rings is 1. The zero-order valence-electron chi connectivity index (χ0n) is 11.2. The van der Waals surface area contributed by atoms with E-state index >= 15 is 0 Å². The summed E-state index contributed by atoms with van der Waals surface area (Å²) >= 11 is 0. The number of hydrogen-bond acceptors (Lipinski definition) is 4. The van der Waals surface area contributed by atoms with Crippen molar-refractivity contribution in [3.63, 3.8) is 0 Å². The third-order valence-corrected chi connectivity index (χ3v) is 3.24. The smallest absolute Gasteiger partial charge is 0.326 e. The molecule has 2 N–H and O–H groups in total. The van der Waals surface area contributed by atoms with Gasteiger partial charge in [-0.15, -0.1) is 0 Å². The van der Waals surface area contributed by atoms with Crippen LogP contribution in [0.2, 0.25) is 0 Å². The molecule has 1 saturated heterocycles. The number of carboxylic acids is 1. The van der Waals surface area contributed by atoms with Crippen LogP contribution in [0.25, 0.3) is 0 Å². The van der Waals surface area contributed by atoms with Gasteiger partial charge in [-0.3, -0.25) is 4.79 Å². The number of carbonyl (C=O) groups is 2. The van der Waals surface area contributed by atoms with Crippen LogP contribution in [0.3, 0.4) is 0 Å². The fourth-order valence-corrected chi connectivity index (χ4v) is 2.35. The Morgan fingerprint density at radius 3 is 2.75 bits per heavy atom. The Morgan fingerprint density at radius 1 is 1.40 bits per heavy atom. The van der Waals surface area contributed by atoms with Crippen LogP contribution in [0.1, 0.15) is 23.7 Å². The predicted molar refractivity (Wildman–Crippen MR) is 70.7 cm³/mol. The van der Waals surface area contributed by atoms with Gasteiger partial charge in [0.05, 0.1) is 18.3 Å². The molecule has 6 nitrogen and oxygen atoms in total. The molecule has 1 aliphatic heterocycles. The molecule has 0 aromatic heterocycles. The molecule has 0 spiro atoms. The van der Waals surface area contributed by atoms with Crippen molar-refractivity contribution in [1.82, 2.24) is 4.90 Å². The van der Waals surface area contributed by atoms with E-state index in [1.165, 1.54) is 4.90 Å². The van der Waals surface area contributed by atoms with Gasteiger partial charge in [-0.05, 0) is 19.1 Å². The Hall–Kier alpha value is -2.08. The summed E-state index contributed by atoms with van der Waals surface area (Å²) in [6.07, 6.45) is -0.753. The molecule has 1 fully saturated rings. The fourth-order valence-electron chi connectivity index (χ4n) is 2.35. The standard InChI is InChI=1S/C14H17NO5/c1-2-20-12-6-4-3-5-10(12)13(17)15-8-9(16)7-11(15)14(18)19/h3-6,9,11,16H,2,7-8H2,1H3,(H,18,19)/t9-,11+/m1/s1. The summed E-state index contributed by atoms with van der Waals surface area (Å²) in [5.74, 6) is -1.12. The maximum absolute atomic E-state index is 12.5. The first-order valence-electron chi connectivity index (χ1n) is 6.48.